The first-order valence-electron chi connectivity index (χ1n) is 6.64. The van der Waals surface area contributed by atoms with Crippen molar-refractivity contribution in [2.75, 3.05) is 6.61 Å². The highest BCUT2D eigenvalue weighted by atomic mass is 19.4. The van der Waals surface area contributed by atoms with Gasteiger partial charge in [-0.1, -0.05) is 6.92 Å². The van der Waals surface area contributed by atoms with Crippen LogP contribution in [0.2, 0.25) is 0 Å². The van der Waals surface area contributed by atoms with Crippen molar-refractivity contribution in [2.24, 2.45) is 0 Å². The standard InChI is InChI=1S/C14H17F3N2O/c1-2-7-19-12-6-5-10(14(15,16)17)9-11(12)18-13(19)4-3-8-20/h5-6,9,20H,2-4,7-8H2,1H3. The fourth-order valence-corrected chi connectivity index (χ4v) is 2.26. The number of imidazole rings is 1. The third kappa shape index (κ3) is 2.95. The van der Waals surface area contributed by atoms with Gasteiger partial charge in [-0.3, -0.25) is 0 Å². The average molecular weight is 286 g/mol. The van der Waals surface area contributed by atoms with Crippen molar-refractivity contribution in [1.29, 1.82) is 0 Å². The molecule has 0 bridgehead atoms. The van der Waals surface area contributed by atoms with Crippen LogP contribution in [0.5, 0.6) is 0 Å². The van der Waals surface area contributed by atoms with Crippen molar-refractivity contribution in [1.82, 2.24) is 9.55 Å². The molecule has 3 nitrogen and oxygen atoms in total. The Hall–Kier alpha value is -1.56. The SMILES string of the molecule is CCCn1c(CCCO)nc2cc(C(F)(F)F)ccc21. The molecule has 1 aromatic heterocycles. The summed E-state index contributed by atoms with van der Waals surface area (Å²) in [7, 11) is 0. The maximum Gasteiger partial charge on any atom is 0.416 e. The van der Waals surface area contributed by atoms with Crippen LogP contribution in [-0.2, 0) is 19.1 Å². The molecule has 0 saturated heterocycles. The lowest BCUT2D eigenvalue weighted by Gasteiger charge is -2.08. The van der Waals surface area contributed by atoms with Crippen molar-refractivity contribution in [3.05, 3.63) is 29.6 Å². The van der Waals surface area contributed by atoms with Gasteiger partial charge in [-0.05, 0) is 31.0 Å². The predicted molar refractivity (Wildman–Crippen MR) is 70.4 cm³/mol. The Morgan fingerprint density at radius 3 is 2.65 bits per heavy atom. The van der Waals surface area contributed by atoms with E-state index in [9.17, 15) is 13.2 Å². The Labute approximate surface area is 115 Å². The van der Waals surface area contributed by atoms with E-state index in [0.717, 1.165) is 24.4 Å². The highest BCUT2D eigenvalue weighted by molar-refractivity contribution is 5.77. The van der Waals surface area contributed by atoms with E-state index in [2.05, 4.69) is 4.98 Å². The summed E-state index contributed by atoms with van der Waals surface area (Å²) < 4.78 is 40.1. The van der Waals surface area contributed by atoms with Gasteiger partial charge in [0, 0.05) is 19.6 Å². The van der Waals surface area contributed by atoms with Gasteiger partial charge in [0.15, 0.2) is 0 Å². The highest BCUT2D eigenvalue weighted by Crippen LogP contribution is 2.31. The normalized spacial score (nSPS) is 12.2. The molecule has 2 rings (SSSR count). The topological polar surface area (TPSA) is 38.0 Å². The zero-order valence-corrected chi connectivity index (χ0v) is 11.2. The molecule has 6 heteroatoms. The number of nitrogens with zero attached hydrogens (tertiary/aromatic N) is 2. The highest BCUT2D eigenvalue weighted by Gasteiger charge is 2.31. The average Bonchev–Trinajstić information content (AvgIpc) is 2.73. The molecular formula is C14H17F3N2O. The number of benzene rings is 1. The third-order valence-corrected chi connectivity index (χ3v) is 3.16. The van der Waals surface area contributed by atoms with Gasteiger partial charge in [0.2, 0.25) is 0 Å². The second-order valence-corrected chi connectivity index (χ2v) is 4.71. The number of rotatable bonds is 5. The molecule has 20 heavy (non-hydrogen) atoms. The lowest BCUT2D eigenvalue weighted by molar-refractivity contribution is -0.137. The fourth-order valence-electron chi connectivity index (χ4n) is 2.26. The van der Waals surface area contributed by atoms with E-state index in [-0.39, 0.29) is 6.61 Å². The Morgan fingerprint density at radius 1 is 1.30 bits per heavy atom. The zero-order valence-electron chi connectivity index (χ0n) is 11.2. The summed E-state index contributed by atoms with van der Waals surface area (Å²) in [4.78, 5) is 4.29. The van der Waals surface area contributed by atoms with Crippen LogP contribution in [-0.4, -0.2) is 21.3 Å². The molecule has 0 fully saturated rings. The number of fused-ring (bicyclic) bond motifs is 1. The van der Waals surface area contributed by atoms with Crippen LogP contribution < -0.4 is 0 Å². The van der Waals surface area contributed by atoms with E-state index in [4.69, 9.17) is 5.11 Å². The minimum Gasteiger partial charge on any atom is -0.396 e. The van der Waals surface area contributed by atoms with Crippen molar-refractivity contribution in [2.45, 2.75) is 38.9 Å². The smallest absolute Gasteiger partial charge is 0.396 e. The Kier molecular flexibility index (Phi) is 4.32. The minimum absolute atomic E-state index is 0.0448. The Morgan fingerprint density at radius 2 is 2.05 bits per heavy atom. The number of aryl methyl sites for hydroxylation is 2. The molecule has 2 aromatic rings. The van der Waals surface area contributed by atoms with Crippen LogP contribution in [0, 0.1) is 0 Å². The monoisotopic (exact) mass is 286 g/mol. The van der Waals surface area contributed by atoms with Crippen LogP contribution >= 0.6 is 0 Å². The van der Waals surface area contributed by atoms with Crippen molar-refractivity contribution in [3.63, 3.8) is 0 Å². The molecule has 0 radical (unpaired) electrons. The van der Waals surface area contributed by atoms with Gasteiger partial charge in [0.1, 0.15) is 5.82 Å². The Bertz CT molecular complexity index is 590. The number of aliphatic hydroxyl groups is 1. The van der Waals surface area contributed by atoms with Gasteiger partial charge in [-0.2, -0.15) is 13.2 Å². The maximum absolute atomic E-state index is 12.7. The predicted octanol–water partition coefficient (Wildman–Crippen LogP) is 3.39. The van der Waals surface area contributed by atoms with Gasteiger partial charge >= 0.3 is 6.18 Å². The molecule has 0 atom stereocenters. The zero-order chi connectivity index (χ0) is 14.8. The number of hydrogen-bond acceptors (Lipinski definition) is 2. The lowest BCUT2D eigenvalue weighted by atomic mass is 10.2. The fraction of sp³-hybridized carbons (Fsp3) is 0.500. The Balaban J connectivity index is 2.49. The first-order valence-corrected chi connectivity index (χ1v) is 6.64. The van der Waals surface area contributed by atoms with Crippen molar-refractivity contribution >= 4 is 11.0 Å². The largest absolute Gasteiger partial charge is 0.416 e. The molecule has 0 spiro atoms. The number of aliphatic hydroxyl groups excluding tert-OH is 1. The molecule has 0 saturated carbocycles. The summed E-state index contributed by atoms with van der Waals surface area (Å²) in [6, 6.07) is 3.65. The van der Waals surface area contributed by atoms with E-state index in [0.29, 0.717) is 30.4 Å². The van der Waals surface area contributed by atoms with Crippen molar-refractivity contribution in [3.8, 4) is 0 Å². The van der Waals surface area contributed by atoms with E-state index in [1.165, 1.54) is 6.07 Å². The summed E-state index contributed by atoms with van der Waals surface area (Å²) in [5, 5.41) is 8.89. The summed E-state index contributed by atoms with van der Waals surface area (Å²) in [6.07, 6.45) is -2.36. The third-order valence-electron chi connectivity index (χ3n) is 3.16. The summed E-state index contributed by atoms with van der Waals surface area (Å²) in [5.41, 5.74) is 0.397. The quantitative estimate of drug-likeness (QED) is 0.915. The molecular weight excluding hydrogens is 269 g/mol. The van der Waals surface area contributed by atoms with Crippen LogP contribution in [0.25, 0.3) is 11.0 Å². The van der Waals surface area contributed by atoms with E-state index in [1.807, 2.05) is 11.5 Å². The maximum atomic E-state index is 12.7. The molecule has 1 heterocycles. The van der Waals surface area contributed by atoms with Crippen LogP contribution in [0.3, 0.4) is 0 Å². The molecule has 1 N–H and O–H groups in total. The van der Waals surface area contributed by atoms with Gasteiger partial charge in [-0.15, -0.1) is 0 Å². The van der Waals surface area contributed by atoms with E-state index < -0.39 is 11.7 Å². The van der Waals surface area contributed by atoms with Gasteiger partial charge < -0.3 is 9.67 Å². The number of hydrogen-bond donors (Lipinski definition) is 1. The molecule has 0 amide bonds. The first kappa shape index (κ1) is 14.8. The van der Waals surface area contributed by atoms with E-state index in [1.54, 1.807) is 0 Å². The summed E-state index contributed by atoms with van der Waals surface area (Å²) in [6.45, 7) is 2.76. The molecule has 0 aliphatic heterocycles. The first-order chi connectivity index (χ1) is 9.47. The van der Waals surface area contributed by atoms with Crippen LogP contribution in [0.1, 0.15) is 31.2 Å². The van der Waals surface area contributed by atoms with Crippen LogP contribution in [0.15, 0.2) is 18.2 Å². The molecule has 1 aromatic carbocycles. The van der Waals surface area contributed by atoms with Crippen molar-refractivity contribution < 1.29 is 18.3 Å². The number of alkyl halides is 3. The second-order valence-electron chi connectivity index (χ2n) is 4.71. The molecule has 110 valence electrons. The van der Waals surface area contributed by atoms with Gasteiger partial charge in [0.05, 0.1) is 16.6 Å². The second kappa shape index (κ2) is 5.83. The van der Waals surface area contributed by atoms with Gasteiger partial charge in [-0.25, -0.2) is 4.98 Å². The minimum atomic E-state index is -4.35. The number of aromatic nitrogens is 2. The molecule has 0 unspecified atom stereocenters. The molecule has 0 aliphatic rings. The summed E-state index contributed by atoms with van der Waals surface area (Å²) in [5.74, 6) is 0.732. The van der Waals surface area contributed by atoms with E-state index >= 15 is 0 Å². The summed E-state index contributed by atoms with van der Waals surface area (Å²) >= 11 is 0. The number of halogens is 3. The van der Waals surface area contributed by atoms with Gasteiger partial charge in [0.25, 0.3) is 0 Å². The van der Waals surface area contributed by atoms with Crippen LogP contribution in [0.4, 0.5) is 13.2 Å². The lowest BCUT2D eigenvalue weighted by Crippen LogP contribution is -2.05. The molecule has 0 aliphatic carbocycles.